The monoisotopic (exact) mass is 368 g/mol. The standard InChI is InChI=1S/C15H14BrClN2O2/c1-9(2)21-15-13(4-3-7-18-15)19-14(20)11-8-10(16)5-6-12(11)17/h3-9H,1-2H3,(H,19,20). The van der Waals surface area contributed by atoms with E-state index in [9.17, 15) is 4.79 Å². The van der Waals surface area contributed by atoms with E-state index in [1.165, 1.54) is 0 Å². The number of rotatable bonds is 4. The average molecular weight is 370 g/mol. The molecule has 1 aromatic heterocycles. The second-order valence-electron chi connectivity index (χ2n) is 4.60. The lowest BCUT2D eigenvalue weighted by Crippen LogP contribution is -2.15. The van der Waals surface area contributed by atoms with Crippen LogP contribution in [0.4, 0.5) is 5.69 Å². The van der Waals surface area contributed by atoms with Crippen LogP contribution in [0.15, 0.2) is 41.0 Å². The van der Waals surface area contributed by atoms with Gasteiger partial charge >= 0.3 is 0 Å². The van der Waals surface area contributed by atoms with Gasteiger partial charge in [0.1, 0.15) is 5.69 Å². The van der Waals surface area contributed by atoms with Gasteiger partial charge in [-0.25, -0.2) is 4.98 Å². The van der Waals surface area contributed by atoms with Crippen LogP contribution in [0.25, 0.3) is 0 Å². The van der Waals surface area contributed by atoms with Crippen LogP contribution in [-0.4, -0.2) is 17.0 Å². The van der Waals surface area contributed by atoms with E-state index in [1.807, 2.05) is 13.8 Å². The molecular formula is C15H14BrClN2O2. The Kier molecular flexibility index (Phi) is 5.20. The predicted molar refractivity (Wildman–Crippen MR) is 87.1 cm³/mol. The summed E-state index contributed by atoms with van der Waals surface area (Å²) >= 11 is 9.37. The van der Waals surface area contributed by atoms with Crippen LogP contribution in [0, 0.1) is 0 Å². The number of carbonyl (C=O) groups is 1. The molecule has 0 saturated carbocycles. The largest absolute Gasteiger partial charge is 0.473 e. The molecule has 1 aromatic carbocycles. The number of aromatic nitrogens is 1. The van der Waals surface area contributed by atoms with Gasteiger partial charge in [0.25, 0.3) is 5.91 Å². The molecule has 0 spiro atoms. The third-order valence-corrected chi connectivity index (χ3v) is 3.36. The number of ether oxygens (including phenoxy) is 1. The molecule has 0 unspecified atom stereocenters. The van der Waals surface area contributed by atoms with Crippen molar-refractivity contribution in [1.82, 2.24) is 4.98 Å². The maximum absolute atomic E-state index is 12.3. The van der Waals surface area contributed by atoms with Crippen molar-refractivity contribution in [2.75, 3.05) is 5.32 Å². The van der Waals surface area contributed by atoms with Gasteiger partial charge in [0.05, 0.1) is 16.7 Å². The summed E-state index contributed by atoms with van der Waals surface area (Å²) in [5.74, 6) is 0.0647. The topological polar surface area (TPSA) is 51.2 Å². The first kappa shape index (κ1) is 15.8. The Morgan fingerprint density at radius 2 is 2.14 bits per heavy atom. The van der Waals surface area contributed by atoms with Crippen molar-refractivity contribution in [2.45, 2.75) is 20.0 Å². The Morgan fingerprint density at radius 1 is 1.38 bits per heavy atom. The molecule has 0 bridgehead atoms. The summed E-state index contributed by atoms with van der Waals surface area (Å²) in [5, 5.41) is 3.15. The smallest absolute Gasteiger partial charge is 0.257 e. The molecule has 0 fully saturated rings. The van der Waals surface area contributed by atoms with E-state index in [1.54, 1.807) is 36.5 Å². The number of anilines is 1. The van der Waals surface area contributed by atoms with Crippen molar-refractivity contribution in [1.29, 1.82) is 0 Å². The number of nitrogens with zero attached hydrogens (tertiary/aromatic N) is 1. The van der Waals surface area contributed by atoms with Crippen molar-refractivity contribution in [3.63, 3.8) is 0 Å². The minimum Gasteiger partial charge on any atom is -0.473 e. The van der Waals surface area contributed by atoms with Crippen LogP contribution in [0.5, 0.6) is 5.88 Å². The van der Waals surface area contributed by atoms with E-state index in [2.05, 4.69) is 26.2 Å². The van der Waals surface area contributed by atoms with Gasteiger partial charge in [-0.05, 0) is 44.2 Å². The maximum Gasteiger partial charge on any atom is 0.257 e. The zero-order valence-corrected chi connectivity index (χ0v) is 13.9. The fourth-order valence-corrected chi connectivity index (χ4v) is 2.23. The number of halogens is 2. The molecule has 0 saturated heterocycles. The second-order valence-corrected chi connectivity index (χ2v) is 5.92. The van der Waals surface area contributed by atoms with Gasteiger partial charge in [-0.2, -0.15) is 0 Å². The Labute approximate surface area is 136 Å². The van der Waals surface area contributed by atoms with Crippen LogP contribution in [0.3, 0.4) is 0 Å². The molecule has 0 aliphatic heterocycles. The molecule has 0 aliphatic rings. The normalized spacial score (nSPS) is 10.5. The summed E-state index contributed by atoms with van der Waals surface area (Å²) in [6.45, 7) is 3.79. The number of benzene rings is 1. The molecule has 2 aromatic rings. The van der Waals surface area contributed by atoms with E-state index >= 15 is 0 Å². The zero-order valence-electron chi connectivity index (χ0n) is 11.6. The van der Waals surface area contributed by atoms with Crippen LogP contribution in [-0.2, 0) is 0 Å². The highest BCUT2D eigenvalue weighted by Gasteiger charge is 2.14. The predicted octanol–water partition coefficient (Wildman–Crippen LogP) is 4.54. The Bertz CT molecular complexity index is 662. The minimum atomic E-state index is -0.317. The highest BCUT2D eigenvalue weighted by molar-refractivity contribution is 9.10. The van der Waals surface area contributed by atoms with Crippen LogP contribution < -0.4 is 10.1 Å². The van der Waals surface area contributed by atoms with Crippen LogP contribution in [0.2, 0.25) is 5.02 Å². The highest BCUT2D eigenvalue weighted by Crippen LogP contribution is 2.25. The molecule has 1 amide bonds. The first-order valence-corrected chi connectivity index (χ1v) is 7.52. The summed E-state index contributed by atoms with van der Waals surface area (Å²) in [6.07, 6.45) is 1.57. The Hall–Kier alpha value is -1.59. The number of hydrogen-bond donors (Lipinski definition) is 1. The Morgan fingerprint density at radius 3 is 2.86 bits per heavy atom. The summed E-state index contributed by atoms with van der Waals surface area (Å²) in [4.78, 5) is 16.5. The SMILES string of the molecule is CC(C)Oc1ncccc1NC(=O)c1cc(Br)ccc1Cl. The summed E-state index contributed by atoms with van der Waals surface area (Å²) in [7, 11) is 0. The van der Waals surface area contributed by atoms with Gasteiger partial charge < -0.3 is 10.1 Å². The van der Waals surface area contributed by atoms with Gasteiger partial charge in [-0.1, -0.05) is 27.5 Å². The molecule has 4 nitrogen and oxygen atoms in total. The molecular weight excluding hydrogens is 356 g/mol. The number of hydrogen-bond acceptors (Lipinski definition) is 3. The van der Waals surface area contributed by atoms with Gasteiger partial charge in [-0.3, -0.25) is 4.79 Å². The molecule has 0 aliphatic carbocycles. The average Bonchev–Trinajstić information content (AvgIpc) is 2.43. The quantitative estimate of drug-likeness (QED) is 0.861. The lowest BCUT2D eigenvalue weighted by atomic mass is 10.2. The van der Waals surface area contributed by atoms with Crippen LogP contribution >= 0.6 is 27.5 Å². The fraction of sp³-hybridized carbons (Fsp3) is 0.200. The third kappa shape index (κ3) is 4.19. The van der Waals surface area contributed by atoms with Crippen molar-refractivity contribution < 1.29 is 9.53 Å². The van der Waals surface area contributed by atoms with E-state index in [-0.39, 0.29) is 12.0 Å². The zero-order chi connectivity index (χ0) is 15.4. The lowest BCUT2D eigenvalue weighted by molar-refractivity contribution is 0.102. The molecule has 110 valence electrons. The van der Waals surface area contributed by atoms with Gasteiger partial charge in [0.15, 0.2) is 0 Å². The van der Waals surface area contributed by atoms with E-state index in [4.69, 9.17) is 16.3 Å². The highest BCUT2D eigenvalue weighted by atomic mass is 79.9. The number of pyridine rings is 1. The molecule has 6 heteroatoms. The summed E-state index contributed by atoms with van der Waals surface area (Å²) < 4.78 is 6.35. The Balaban J connectivity index is 2.25. The van der Waals surface area contributed by atoms with E-state index in [0.717, 1.165) is 4.47 Å². The summed E-state index contributed by atoms with van der Waals surface area (Å²) in [6, 6.07) is 8.56. The molecule has 0 radical (unpaired) electrons. The maximum atomic E-state index is 12.3. The molecule has 1 N–H and O–H groups in total. The van der Waals surface area contributed by atoms with Gasteiger partial charge in [0, 0.05) is 10.7 Å². The molecule has 21 heavy (non-hydrogen) atoms. The van der Waals surface area contributed by atoms with E-state index in [0.29, 0.717) is 22.2 Å². The number of carbonyl (C=O) groups excluding carboxylic acids is 1. The van der Waals surface area contributed by atoms with Gasteiger partial charge in [0.2, 0.25) is 5.88 Å². The first-order chi connectivity index (χ1) is 9.97. The third-order valence-electron chi connectivity index (χ3n) is 2.54. The second kappa shape index (κ2) is 6.91. The first-order valence-electron chi connectivity index (χ1n) is 6.35. The van der Waals surface area contributed by atoms with E-state index < -0.39 is 0 Å². The minimum absolute atomic E-state index is 0.0370. The fourth-order valence-electron chi connectivity index (χ4n) is 1.66. The lowest BCUT2D eigenvalue weighted by Gasteiger charge is -2.13. The molecule has 0 atom stereocenters. The van der Waals surface area contributed by atoms with Crippen molar-refractivity contribution in [3.05, 3.63) is 51.6 Å². The van der Waals surface area contributed by atoms with Crippen molar-refractivity contribution in [3.8, 4) is 5.88 Å². The van der Waals surface area contributed by atoms with Gasteiger partial charge in [-0.15, -0.1) is 0 Å². The van der Waals surface area contributed by atoms with Crippen molar-refractivity contribution >= 4 is 39.1 Å². The van der Waals surface area contributed by atoms with Crippen LogP contribution in [0.1, 0.15) is 24.2 Å². The summed E-state index contributed by atoms with van der Waals surface area (Å²) in [5.41, 5.74) is 0.887. The number of amides is 1. The van der Waals surface area contributed by atoms with Crippen molar-refractivity contribution in [2.24, 2.45) is 0 Å². The molecule has 1 heterocycles. The molecule has 2 rings (SSSR count). The number of nitrogens with one attached hydrogen (secondary N) is 1.